The van der Waals surface area contributed by atoms with Gasteiger partial charge in [-0.15, -0.1) is 0 Å². The molecule has 0 spiro atoms. The van der Waals surface area contributed by atoms with Crippen LogP contribution in [-0.2, 0) is 12.7 Å². The molecule has 2 aromatic rings. The van der Waals surface area contributed by atoms with Crippen LogP contribution in [0, 0.1) is 12.8 Å². The van der Waals surface area contributed by atoms with Crippen LogP contribution in [0.4, 0.5) is 13.2 Å². The van der Waals surface area contributed by atoms with Crippen molar-refractivity contribution in [2.75, 3.05) is 19.7 Å². The van der Waals surface area contributed by atoms with E-state index in [9.17, 15) is 18.3 Å². The van der Waals surface area contributed by atoms with Gasteiger partial charge in [0, 0.05) is 37.5 Å². The number of rotatable bonds is 9. The highest BCUT2D eigenvalue weighted by Crippen LogP contribution is 2.30. The van der Waals surface area contributed by atoms with Crippen molar-refractivity contribution in [1.82, 2.24) is 4.90 Å². The molecule has 0 saturated heterocycles. The first-order valence-corrected chi connectivity index (χ1v) is 10.2. The van der Waals surface area contributed by atoms with Gasteiger partial charge in [-0.1, -0.05) is 37.3 Å². The van der Waals surface area contributed by atoms with Gasteiger partial charge in [-0.25, -0.2) is 0 Å². The van der Waals surface area contributed by atoms with E-state index in [0.717, 1.165) is 23.4 Å². The Kier molecular flexibility index (Phi) is 7.51. The first-order valence-electron chi connectivity index (χ1n) is 10.2. The number of alkyl halides is 3. The van der Waals surface area contributed by atoms with Gasteiger partial charge in [0.05, 0.1) is 5.56 Å². The number of allylic oxidation sites excluding steroid dienone is 1. The molecular weight excluding hydrogens is 405 g/mol. The standard InChI is InChI=1S/C24H27F3N2O2/c1-17-5-3-4-6-19(17)13-29(15-23-18(2)11-12-28-23)14-21(30)16-31-22-9-7-20(8-10-22)24(25,26)27/h3-12,18,21,30H,13-16H2,1-2H3. The summed E-state index contributed by atoms with van der Waals surface area (Å²) < 4.78 is 43.6. The zero-order valence-electron chi connectivity index (χ0n) is 17.6. The number of hydrogen-bond donors (Lipinski definition) is 1. The second-order valence-electron chi connectivity index (χ2n) is 7.83. The number of benzene rings is 2. The molecule has 166 valence electrons. The highest BCUT2D eigenvalue weighted by Gasteiger charge is 2.30. The zero-order chi connectivity index (χ0) is 22.4. The lowest BCUT2D eigenvalue weighted by Crippen LogP contribution is -2.39. The summed E-state index contributed by atoms with van der Waals surface area (Å²) in [6.07, 6.45) is -1.36. The Morgan fingerprint density at radius 1 is 1.10 bits per heavy atom. The molecule has 1 aliphatic rings. The molecule has 1 heterocycles. The van der Waals surface area contributed by atoms with E-state index in [0.29, 0.717) is 19.6 Å². The molecule has 0 amide bonds. The van der Waals surface area contributed by atoms with Crippen LogP contribution in [0.1, 0.15) is 23.6 Å². The molecule has 1 aliphatic heterocycles. The molecule has 4 nitrogen and oxygen atoms in total. The third-order valence-corrected chi connectivity index (χ3v) is 5.27. The number of aryl methyl sites for hydroxylation is 1. The zero-order valence-corrected chi connectivity index (χ0v) is 17.6. The van der Waals surface area contributed by atoms with E-state index in [1.54, 1.807) is 6.20 Å². The lowest BCUT2D eigenvalue weighted by atomic mass is 10.1. The molecule has 2 atom stereocenters. The normalized spacial score (nSPS) is 17.1. The quantitative estimate of drug-likeness (QED) is 0.616. The first kappa shape index (κ1) is 23.0. The molecule has 0 aliphatic carbocycles. The minimum Gasteiger partial charge on any atom is -0.491 e. The van der Waals surface area contributed by atoms with E-state index >= 15 is 0 Å². The third-order valence-electron chi connectivity index (χ3n) is 5.27. The second kappa shape index (κ2) is 10.1. The topological polar surface area (TPSA) is 45.1 Å². The molecule has 31 heavy (non-hydrogen) atoms. The lowest BCUT2D eigenvalue weighted by molar-refractivity contribution is -0.137. The van der Waals surface area contributed by atoms with Gasteiger partial charge in [-0.2, -0.15) is 13.2 Å². The maximum Gasteiger partial charge on any atom is 0.416 e. The van der Waals surface area contributed by atoms with Crippen molar-refractivity contribution in [2.45, 2.75) is 32.7 Å². The van der Waals surface area contributed by atoms with Crippen LogP contribution in [0.25, 0.3) is 0 Å². The fourth-order valence-electron chi connectivity index (χ4n) is 3.41. The summed E-state index contributed by atoms with van der Waals surface area (Å²) in [4.78, 5) is 6.56. The smallest absolute Gasteiger partial charge is 0.416 e. The second-order valence-corrected chi connectivity index (χ2v) is 7.83. The Morgan fingerprint density at radius 3 is 2.42 bits per heavy atom. The van der Waals surface area contributed by atoms with Crippen LogP contribution in [0.5, 0.6) is 5.75 Å². The van der Waals surface area contributed by atoms with Crippen LogP contribution < -0.4 is 4.74 Å². The summed E-state index contributed by atoms with van der Waals surface area (Å²) in [6, 6.07) is 12.6. The summed E-state index contributed by atoms with van der Waals surface area (Å²) >= 11 is 0. The van der Waals surface area contributed by atoms with E-state index in [1.807, 2.05) is 18.2 Å². The number of nitrogens with zero attached hydrogens (tertiary/aromatic N) is 2. The summed E-state index contributed by atoms with van der Waals surface area (Å²) in [5.41, 5.74) is 2.63. The Morgan fingerprint density at radius 2 is 1.81 bits per heavy atom. The summed E-state index contributed by atoms with van der Waals surface area (Å²) in [6.45, 7) is 5.72. The third kappa shape index (κ3) is 6.67. The molecule has 0 aromatic heterocycles. The van der Waals surface area contributed by atoms with E-state index in [4.69, 9.17) is 4.74 Å². The number of ether oxygens (including phenoxy) is 1. The lowest BCUT2D eigenvalue weighted by Gasteiger charge is -2.27. The number of halogens is 3. The average molecular weight is 432 g/mol. The van der Waals surface area contributed by atoms with Gasteiger partial charge in [0.1, 0.15) is 18.5 Å². The van der Waals surface area contributed by atoms with Crippen LogP contribution in [0.15, 0.2) is 65.8 Å². The number of aliphatic imine (C=N–C) groups is 1. The van der Waals surface area contributed by atoms with Crippen molar-refractivity contribution in [3.05, 3.63) is 77.5 Å². The van der Waals surface area contributed by atoms with Gasteiger partial charge in [0.25, 0.3) is 0 Å². The molecule has 0 bridgehead atoms. The summed E-state index contributed by atoms with van der Waals surface area (Å²) in [5.74, 6) is 0.537. The minimum absolute atomic E-state index is 0.0179. The molecular formula is C24H27F3N2O2. The van der Waals surface area contributed by atoms with Crippen molar-refractivity contribution < 1.29 is 23.0 Å². The van der Waals surface area contributed by atoms with Crippen molar-refractivity contribution >= 4 is 5.71 Å². The van der Waals surface area contributed by atoms with Gasteiger partial charge in [-0.05, 0) is 42.3 Å². The van der Waals surface area contributed by atoms with Gasteiger partial charge >= 0.3 is 6.18 Å². The van der Waals surface area contributed by atoms with Gasteiger partial charge in [-0.3, -0.25) is 9.89 Å². The van der Waals surface area contributed by atoms with Gasteiger partial charge in [0.15, 0.2) is 0 Å². The predicted molar refractivity (Wildman–Crippen MR) is 115 cm³/mol. The van der Waals surface area contributed by atoms with E-state index in [-0.39, 0.29) is 18.3 Å². The number of aliphatic hydroxyl groups is 1. The van der Waals surface area contributed by atoms with Crippen LogP contribution in [0.2, 0.25) is 0 Å². The molecule has 7 heteroatoms. The SMILES string of the molecule is Cc1ccccc1CN(CC1=NC=CC1C)CC(O)COc1ccc(C(F)(F)F)cc1. The molecule has 1 N–H and O–H groups in total. The Labute approximate surface area is 180 Å². The molecule has 0 radical (unpaired) electrons. The average Bonchev–Trinajstić information content (AvgIpc) is 3.12. The first-order chi connectivity index (χ1) is 14.7. The molecule has 0 saturated carbocycles. The Balaban J connectivity index is 1.60. The predicted octanol–water partition coefficient (Wildman–Crippen LogP) is 4.86. The highest BCUT2D eigenvalue weighted by molar-refractivity contribution is 5.91. The highest BCUT2D eigenvalue weighted by atomic mass is 19.4. The monoisotopic (exact) mass is 432 g/mol. The van der Waals surface area contributed by atoms with Crippen molar-refractivity contribution in [1.29, 1.82) is 0 Å². The van der Waals surface area contributed by atoms with Crippen molar-refractivity contribution in [3.63, 3.8) is 0 Å². The van der Waals surface area contributed by atoms with E-state index < -0.39 is 17.8 Å². The Bertz CT molecular complexity index is 923. The molecule has 2 aromatic carbocycles. The summed E-state index contributed by atoms with van der Waals surface area (Å²) in [7, 11) is 0. The molecule has 2 unspecified atom stereocenters. The van der Waals surface area contributed by atoms with Crippen LogP contribution in [0.3, 0.4) is 0 Å². The number of hydrogen-bond acceptors (Lipinski definition) is 4. The van der Waals surface area contributed by atoms with Crippen molar-refractivity contribution in [2.24, 2.45) is 10.9 Å². The molecule has 0 fully saturated rings. The Hall–Kier alpha value is -2.64. The largest absolute Gasteiger partial charge is 0.491 e. The number of aliphatic hydroxyl groups excluding tert-OH is 1. The maximum absolute atomic E-state index is 12.7. The molecule has 3 rings (SSSR count). The van der Waals surface area contributed by atoms with Gasteiger partial charge in [0.2, 0.25) is 0 Å². The minimum atomic E-state index is -4.39. The van der Waals surface area contributed by atoms with E-state index in [1.165, 1.54) is 17.7 Å². The fourth-order valence-corrected chi connectivity index (χ4v) is 3.41. The maximum atomic E-state index is 12.7. The van der Waals surface area contributed by atoms with Crippen molar-refractivity contribution in [3.8, 4) is 5.75 Å². The fraction of sp³-hybridized carbons (Fsp3) is 0.375. The van der Waals surface area contributed by atoms with Crippen LogP contribution >= 0.6 is 0 Å². The van der Waals surface area contributed by atoms with Gasteiger partial charge < -0.3 is 9.84 Å². The van der Waals surface area contributed by atoms with E-state index in [2.05, 4.69) is 35.9 Å². The summed E-state index contributed by atoms with van der Waals surface area (Å²) in [5, 5.41) is 10.5. The van der Waals surface area contributed by atoms with Crippen LogP contribution in [-0.4, -0.2) is 41.5 Å².